The molecule has 2 aliphatic rings. The van der Waals surface area contributed by atoms with E-state index in [4.69, 9.17) is 0 Å². The summed E-state index contributed by atoms with van der Waals surface area (Å²) in [4.78, 5) is 50.3. The second-order valence-electron chi connectivity index (χ2n) is 8.40. The second-order valence-corrected chi connectivity index (χ2v) is 8.40. The van der Waals surface area contributed by atoms with Crippen LogP contribution in [-0.4, -0.2) is 44.4 Å². The first kappa shape index (κ1) is 21.5. The van der Waals surface area contributed by atoms with Crippen LogP contribution >= 0.6 is 0 Å². The van der Waals surface area contributed by atoms with Crippen molar-refractivity contribution in [2.24, 2.45) is 0 Å². The zero-order valence-corrected chi connectivity index (χ0v) is 18.3. The molecule has 0 atom stereocenters. The van der Waals surface area contributed by atoms with Gasteiger partial charge in [0, 0.05) is 23.1 Å². The molecule has 1 aromatic carbocycles. The topological polar surface area (TPSA) is 109 Å². The zero-order valence-electron chi connectivity index (χ0n) is 18.3. The second kappa shape index (κ2) is 8.11. The molecule has 4 rings (SSSR count). The number of carboxylic acid groups (broad SMARTS) is 1. The minimum atomic E-state index is -0.991. The number of barbiturate groups is 1. The number of aromatic carboxylic acids is 1. The fourth-order valence-corrected chi connectivity index (χ4v) is 4.66. The minimum Gasteiger partial charge on any atom is -0.478 e. The van der Waals surface area contributed by atoms with Gasteiger partial charge in [-0.25, -0.2) is 9.59 Å². The van der Waals surface area contributed by atoms with Crippen LogP contribution in [0.4, 0.5) is 4.79 Å². The summed E-state index contributed by atoms with van der Waals surface area (Å²) in [6, 6.07) is 5.94. The predicted octanol–water partition coefficient (Wildman–Crippen LogP) is 3.51. The molecule has 1 aliphatic carbocycles. The van der Waals surface area contributed by atoms with Gasteiger partial charge in [0.25, 0.3) is 11.8 Å². The Labute approximate surface area is 185 Å². The average Bonchev–Trinajstić information content (AvgIpc) is 3.34. The Bertz CT molecular complexity index is 1180. The summed E-state index contributed by atoms with van der Waals surface area (Å²) >= 11 is 0. The number of imide groups is 2. The van der Waals surface area contributed by atoms with Gasteiger partial charge in [0.2, 0.25) is 0 Å². The molecular weight excluding hydrogens is 410 g/mol. The molecule has 2 fully saturated rings. The van der Waals surface area contributed by atoms with E-state index < -0.39 is 23.8 Å². The molecule has 8 nitrogen and oxygen atoms in total. The number of nitrogens with one attached hydrogen (secondary N) is 1. The lowest BCUT2D eigenvalue weighted by Gasteiger charge is -2.31. The smallest absolute Gasteiger partial charge is 0.335 e. The standard InChI is InChI=1S/C24H25N3O5/c1-13-10-16(23(30)31)8-9-20(13)26-14(2)11-17(15(26)3)12-19-21(28)25-24(32)27(22(19)29)18-6-4-5-7-18/h8-12,18H,4-7H2,1-3H3,(H,30,31)(H,25,28,32)/b19-12+. The number of hydrogen-bond donors (Lipinski definition) is 2. The number of carbonyl (C=O) groups excluding carboxylic acids is 3. The lowest BCUT2D eigenvalue weighted by Crippen LogP contribution is -2.57. The molecule has 0 bridgehead atoms. The number of carbonyl (C=O) groups is 4. The van der Waals surface area contributed by atoms with Crippen molar-refractivity contribution in [2.45, 2.75) is 52.5 Å². The lowest BCUT2D eigenvalue weighted by atomic mass is 10.1. The maximum absolute atomic E-state index is 13.1. The van der Waals surface area contributed by atoms with Gasteiger partial charge < -0.3 is 9.67 Å². The van der Waals surface area contributed by atoms with E-state index in [9.17, 15) is 24.3 Å². The fraction of sp³-hybridized carbons (Fsp3) is 0.333. The highest BCUT2D eigenvalue weighted by molar-refractivity contribution is 6.31. The van der Waals surface area contributed by atoms with E-state index >= 15 is 0 Å². The van der Waals surface area contributed by atoms with Crippen LogP contribution in [0.3, 0.4) is 0 Å². The monoisotopic (exact) mass is 435 g/mol. The summed E-state index contributed by atoms with van der Waals surface area (Å²) in [5, 5.41) is 11.5. The van der Waals surface area contributed by atoms with Gasteiger partial charge in [0.1, 0.15) is 5.57 Å². The predicted molar refractivity (Wildman–Crippen MR) is 118 cm³/mol. The van der Waals surface area contributed by atoms with Crippen molar-refractivity contribution in [2.75, 3.05) is 0 Å². The molecule has 1 saturated heterocycles. The van der Waals surface area contributed by atoms with Gasteiger partial charge in [-0.2, -0.15) is 0 Å². The van der Waals surface area contributed by atoms with Gasteiger partial charge in [-0.1, -0.05) is 12.8 Å². The summed E-state index contributed by atoms with van der Waals surface area (Å²) < 4.78 is 1.96. The highest BCUT2D eigenvalue weighted by atomic mass is 16.4. The Hall–Kier alpha value is -3.68. The van der Waals surface area contributed by atoms with Crippen LogP contribution in [0.5, 0.6) is 0 Å². The summed E-state index contributed by atoms with van der Waals surface area (Å²) in [6.45, 7) is 5.60. The molecule has 2 N–H and O–H groups in total. The molecule has 1 aliphatic heterocycles. The number of hydrogen-bond acceptors (Lipinski definition) is 4. The SMILES string of the molecule is Cc1cc(C(=O)O)ccc1-n1c(C)cc(/C=C2\C(=O)NC(=O)N(C3CCCC3)C2=O)c1C. The molecule has 1 aromatic heterocycles. The number of amides is 4. The Morgan fingerprint density at radius 3 is 2.41 bits per heavy atom. The van der Waals surface area contributed by atoms with Gasteiger partial charge in [-0.15, -0.1) is 0 Å². The highest BCUT2D eigenvalue weighted by Gasteiger charge is 2.40. The van der Waals surface area contributed by atoms with Crippen molar-refractivity contribution in [3.8, 4) is 5.69 Å². The minimum absolute atomic E-state index is 0.0605. The number of rotatable bonds is 4. The molecule has 0 unspecified atom stereocenters. The Kier molecular flexibility index (Phi) is 5.46. The van der Waals surface area contributed by atoms with Crippen LogP contribution in [0.2, 0.25) is 0 Å². The Morgan fingerprint density at radius 1 is 1.09 bits per heavy atom. The molecule has 32 heavy (non-hydrogen) atoms. The average molecular weight is 435 g/mol. The first-order valence-electron chi connectivity index (χ1n) is 10.6. The van der Waals surface area contributed by atoms with E-state index in [0.29, 0.717) is 5.56 Å². The van der Waals surface area contributed by atoms with Crippen LogP contribution in [0.15, 0.2) is 29.8 Å². The Morgan fingerprint density at radius 2 is 1.78 bits per heavy atom. The number of benzene rings is 1. The third-order valence-electron chi connectivity index (χ3n) is 6.28. The molecule has 2 aromatic rings. The van der Waals surface area contributed by atoms with Crippen molar-refractivity contribution in [1.29, 1.82) is 0 Å². The van der Waals surface area contributed by atoms with Crippen molar-refractivity contribution >= 4 is 29.9 Å². The van der Waals surface area contributed by atoms with Crippen LogP contribution < -0.4 is 5.32 Å². The number of aromatic nitrogens is 1. The molecule has 8 heteroatoms. The van der Waals surface area contributed by atoms with Crippen LogP contribution in [0, 0.1) is 20.8 Å². The molecule has 2 heterocycles. The normalized spacial score (nSPS) is 18.5. The van der Waals surface area contributed by atoms with Crippen molar-refractivity contribution in [3.63, 3.8) is 0 Å². The van der Waals surface area contributed by atoms with Crippen molar-refractivity contribution in [1.82, 2.24) is 14.8 Å². The maximum Gasteiger partial charge on any atom is 0.335 e. The van der Waals surface area contributed by atoms with Gasteiger partial charge in [-0.3, -0.25) is 19.8 Å². The number of nitrogens with zero attached hydrogens (tertiary/aromatic N) is 2. The molecule has 4 amide bonds. The van der Waals surface area contributed by atoms with Gasteiger partial charge in [-0.05, 0) is 75.1 Å². The van der Waals surface area contributed by atoms with E-state index in [1.165, 1.54) is 11.0 Å². The van der Waals surface area contributed by atoms with E-state index in [1.807, 2.05) is 31.4 Å². The number of urea groups is 1. The van der Waals surface area contributed by atoms with Crippen LogP contribution in [-0.2, 0) is 9.59 Å². The van der Waals surface area contributed by atoms with E-state index in [2.05, 4.69) is 5.32 Å². The highest BCUT2D eigenvalue weighted by Crippen LogP contribution is 2.29. The van der Waals surface area contributed by atoms with E-state index in [0.717, 1.165) is 48.3 Å². The van der Waals surface area contributed by atoms with E-state index in [1.54, 1.807) is 18.2 Å². The largest absolute Gasteiger partial charge is 0.478 e. The van der Waals surface area contributed by atoms with Gasteiger partial charge >= 0.3 is 12.0 Å². The lowest BCUT2D eigenvalue weighted by molar-refractivity contribution is -0.131. The summed E-state index contributed by atoms with van der Waals surface area (Å²) in [7, 11) is 0. The van der Waals surface area contributed by atoms with Gasteiger partial charge in [0.15, 0.2) is 0 Å². The fourth-order valence-electron chi connectivity index (χ4n) is 4.66. The summed E-state index contributed by atoms with van der Waals surface area (Å²) in [6.07, 6.45) is 4.94. The van der Waals surface area contributed by atoms with Gasteiger partial charge in [0.05, 0.1) is 5.56 Å². The number of carboxylic acids is 1. The van der Waals surface area contributed by atoms with E-state index in [-0.39, 0.29) is 17.2 Å². The van der Waals surface area contributed by atoms with Crippen LogP contribution in [0.1, 0.15) is 58.6 Å². The summed E-state index contributed by atoms with van der Waals surface area (Å²) in [5.41, 5.74) is 4.10. The third-order valence-corrected chi connectivity index (χ3v) is 6.28. The Balaban J connectivity index is 1.73. The molecule has 0 spiro atoms. The van der Waals surface area contributed by atoms with Crippen molar-refractivity contribution < 1.29 is 24.3 Å². The molecule has 1 saturated carbocycles. The van der Waals surface area contributed by atoms with Crippen molar-refractivity contribution in [3.05, 3.63) is 57.9 Å². The molecule has 0 radical (unpaired) electrons. The summed E-state index contributed by atoms with van der Waals surface area (Å²) in [5.74, 6) is -2.24. The first-order valence-corrected chi connectivity index (χ1v) is 10.6. The van der Waals surface area contributed by atoms with Crippen LogP contribution in [0.25, 0.3) is 11.8 Å². The quantitative estimate of drug-likeness (QED) is 0.564. The maximum atomic E-state index is 13.1. The zero-order chi connectivity index (χ0) is 23.2. The third kappa shape index (κ3) is 3.62. The molecule has 166 valence electrons. The number of aryl methyl sites for hydroxylation is 2. The first-order chi connectivity index (χ1) is 15.2. The molecular formula is C24H25N3O5.